The third-order valence-corrected chi connectivity index (χ3v) is 8.52. The maximum Gasteiger partial charge on any atom is 0.315 e. The van der Waals surface area contributed by atoms with Gasteiger partial charge in [0.1, 0.15) is 12.2 Å². The third-order valence-electron chi connectivity index (χ3n) is 8.52. The number of rotatable bonds is 23. The van der Waals surface area contributed by atoms with Gasteiger partial charge in [-0.2, -0.15) is 5.01 Å². The minimum Gasteiger partial charge on any atom is -0.493 e. The quantitative estimate of drug-likeness (QED) is 0.0492. The first-order valence-corrected chi connectivity index (χ1v) is 17.6. The fraction of sp³-hybridized carbons (Fsp3) is 0.568. The highest BCUT2D eigenvalue weighted by molar-refractivity contribution is 5.91. The van der Waals surface area contributed by atoms with Crippen LogP contribution in [0.3, 0.4) is 0 Å². The number of benzene rings is 2. The van der Waals surface area contributed by atoms with E-state index < -0.39 is 54.0 Å². The zero-order chi connectivity index (χ0) is 39.5. The number of ether oxygens (including phenoxy) is 4. The first kappa shape index (κ1) is 44.7. The molecule has 16 nitrogen and oxygen atoms in total. The number of ketones is 1. The molecule has 0 bridgehead atoms. The third kappa shape index (κ3) is 14.5. The first-order valence-electron chi connectivity index (χ1n) is 17.6. The summed E-state index contributed by atoms with van der Waals surface area (Å²) in [6, 6.07) is 11.1. The van der Waals surface area contributed by atoms with Crippen LogP contribution in [0.4, 0.5) is 9.59 Å². The number of hydrogen-bond donors (Lipinski definition) is 7. The van der Waals surface area contributed by atoms with E-state index in [1.807, 2.05) is 30.3 Å². The van der Waals surface area contributed by atoms with Crippen LogP contribution in [-0.4, -0.2) is 113 Å². The van der Waals surface area contributed by atoms with E-state index in [2.05, 4.69) is 26.7 Å². The van der Waals surface area contributed by atoms with Crippen LogP contribution in [0, 0.1) is 17.8 Å². The SMILES string of the molecule is COCCNC(=O)N[C@H](C(=O)NN(Cc1ccc(OC)c(OC)c1)C(N)[C@@H](O)[C@H](Cc1ccccc1)C(=O)[C@@H](NC(=O)NCCOC)C(C)C)C(C)C. The van der Waals surface area contributed by atoms with Crippen molar-refractivity contribution >= 4 is 23.8 Å². The molecule has 0 aliphatic heterocycles. The molecule has 0 aliphatic rings. The minimum absolute atomic E-state index is 0.0464. The topological polar surface area (TPSA) is 215 Å². The number of methoxy groups -OCH3 is 4. The Morgan fingerprint density at radius 1 is 0.755 bits per heavy atom. The van der Waals surface area contributed by atoms with Crippen LogP contribution in [0.2, 0.25) is 0 Å². The predicted molar refractivity (Wildman–Crippen MR) is 200 cm³/mol. The zero-order valence-electron chi connectivity index (χ0n) is 32.1. The molecule has 5 amide bonds. The summed E-state index contributed by atoms with van der Waals surface area (Å²) in [5.41, 5.74) is 11.0. The number of carbonyl (C=O) groups excluding carboxylic acids is 4. The summed E-state index contributed by atoms with van der Waals surface area (Å²) in [6.45, 7) is 8.10. The fourth-order valence-corrected chi connectivity index (χ4v) is 5.54. The van der Waals surface area contributed by atoms with E-state index in [9.17, 15) is 24.3 Å². The molecule has 0 aromatic heterocycles. The number of nitrogens with two attached hydrogens (primary N) is 1. The zero-order valence-corrected chi connectivity index (χ0v) is 32.1. The van der Waals surface area contributed by atoms with Gasteiger partial charge in [0.15, 0.2) is 17.3 Å². The lowest BCUT2D eigenvalue weighted by Gasteiger charge is -2.37. The molecule has 0 saturated heterocycles. The van der Waals surface area contributed by atoms with E-state index in [1.54, 1.807) is 45.9 Å². The van der Waals surface area contributed by atoms with Gasteiger partial charge in [-0.15, -0.1) is 0 Å². The van der Waals surface area contributed by atoms with Gasteiger partial charge in [-0.25, -0.2) is 9.59 Å². The molecule has 5 atom stereocenters. The Balaban J connectivity index is 2.54. The summed E-state index contributed by atoms with van der Waals surface area (Å²) in [5, 5.41) is 24.2. The molecular weight excluding hydrogens is 686 g/mol. The second-order valence-electron chi connectivity index (χ2n) is 13.2. The number of carbonyl (C=O) groups is 4. The molecule has 0 fully saturated rings. The highest BCUT2D eigenvalue weighted by atomic mass is 16.5. The normalized spacial score (nSPS) is 14.1. The average Bonchev–Trinajstić information content (AvgIpc) is 3.14. The Morgan fingerprint density at radius 3 is 1.81 bits per heavy atom. The van der Waals surface area contributed by atoms with Gasteiger partial charge in [0.2, 0.25) is 0 Å². The average molecular weight is 746 g/mol. The number of amides is 5. The second kappa shape index (κ2) is 23.2. The number of hydrogen-bond acceptors (Lipinski definition) is 11. The van der Waals surface area contributed by atoms with Crippen molar-refractivity contribution < 1.29 is 43.2 Å². The van der Waals surface area contributed by atoms with Crippen molar-refractivity contribution in [1.82, 2.24) is 31.7 Å². The van der Waals surface area contributed by atoms with Gasteiger partial charge in [0.25, 0.3) is 5.91 Å². The molecule has 1 unspecified atom stereocenters. The van der Waals surface area contributed by atoms with Crippen LogP contribution in [0.15, 0.2) is 48.5 Å². The molecule has 8 N–H and O–H groups in total. The van der Waals surface area contributed by atoms with Crippen LogP contribution in [0.25, 0.3) is 0 Å². The van der Waals surface area contributed by atoms with Gasteiger partial charge in [0.05, 0.1) is 45.5 Å². The Morgan fingerprint density at radius 2 is 1.30 bits per heavy atom. The minimum atomic E-state index is -1.56. The maximum atomic E-state index is 14.4. The molecule has 0 spiro atoms. The lowest BCUT2D eigenvalue weighted by molar-refractivity contribution is -0.136. The first-order chi connectivity index (χ1) is 25.3. The van der Waals surface area contributed by atoms with Gasteiger partial charge in [-0.1, -0.05) is 64.1 Å². The molecular formula is C37H59N7O9. The summed E-state index contributed by atoms with van der Waals surface area (Å²) in [5.74, 6) is -1.99. The van der Waals surface area contributed by atoms with E-state index in [0.717, 1.165) is 5.56 Å². The summed E-state index contributed by atoms with van der Waals surface area (Å²) in [7, 11) is 6.01. The lowest BCUT2D eigenvalue weighted by Crippen LogP contribution is -2.64. The Labute approximate surface area is 312 Å². The van der Waals surface area contributed by atoms with Crippen molar-refractivity contribution in [3.63, 3.8) is 0 Å². The van der Waals surface area contributed by atoms with Crippen molar-refractivity contribution in [2.24, 2.45) is 23.5 Å². The number of nitrogens with one attached hydrogen (secondary N) is 5. The van der Waals surface area contributed by atoms with Gasteiger partial charge in [-0.05, 0) is 41.5 Å². The number of nitrogens with zero attached hydrogens (tertiary/aromatic N) is 1. The number of aliphatic hydroxyl groups is 1. The van der Waals surface area contributed by atoms with E-state index in [-0.39, 0.29) is 51.1 Å². The highest BCUT2D eigenvalue weighted by Crippen LogP contribution is 2.29. The van der Waals surface area contributed by atoms with Crippen LogP contribution in [0.5, 0.6) is 11.5 Å². The summed E-state index contributed by atoms with van der Waals surface area (Å²) < 4.78 is 20.9. The number of urea groups is 2. The maximum absolute atomic E-state index is 14.4. The van der Waals surface area contributed by atoms with Crippen molar-refractivity contribution in [1.29, 1.82) is 0 Å². The second-order valence-corrected chi connectivity index (χ2v) is 13.2. The summed E-state index contributed by atoms with van der Waals surface area (Å²) in [4.78, 5) is 53.7. The molecule has 2 aromatic rings. The van der Waals surface area contributed by atoms with Crippen LogP contribution in [0.1, 0.15) is 38.8 Å². The lowest BCUT2D eigenvalue weighted by atomic mass is 9.82. The number of hydrazine groups is 1. The standard InChI is InChI=1S/C37H59N7O9/c1-23(2)30(41-36(48)39-16-18-50-5)32(45)27(20-25-12-10-9-11-13-25)33(46)34(38)44(22-26-14-15-28(52-7)29(21-26)53-8)43-35(47)31(24(3)4)42-37(49)40-17-19-51-6/h9-15,21,23-24,27,30-31,33-34,46H,16-20,22,38H2,1-8H3,(H,43,47)(H2,39,41,48)(H2,40,42,49)/t27-,30+,31+,33+,34?/m1/s1. The van der Waals surface area contributed by atoms with Crippen LogP contribution >= 0.6 is 0 Å². The van der Waals surface area contributed by atoms with E-state index >= 15 is 0 Å². The van der Waals surface area contributed by atoms with Gasteiger partial charge in [-0.3, -0.25) is 15.0 Å². The summed E-state index contributed by atoms with van der Waals surface area (Å²) in [6.07, 6.45) is -2.84. The number of aliphatic hydroxyl groups excluding tert-OH is 1. The Kier molecular flexibility index (Phi) is 19.6. The van der Waals surface area contributed by atoms with Crippen molar-refractivity contribution in [3.8, 4) is 11.5 Å². The number of Topliss-reactive ketones (excluding diaryl/α,β-unsaturated/α-hetero) is 1. The fourth-order valence-electron chi connectivity index (χ4n) is 5.54. The molecule has 296 valence electrons. The Hall–Kier alpha value is -4.48. The van der Waals surface area contributed by atoms with Gasteiger partial charge >= 0.3 is 12.1 Å². The van der Waals surface area contributed by atoms with Gasteiger partial charge in [0, 0.05) is 33.9 Å². The molecule has 2 rings (SSSR count). The van der Waals surface area contributed by atoms with Crippen LogP contribution < -0.4 is 41.9 Å². The van der Waals surface area contributed by atoms with E-state index in [4.69, 9.17) is 24.7 Å². The molecule has 16 heteroatoms. The largest absolute Gasteiger partial charge is 0.493 e. The van der Waals surface area contributed by atoms with Crippen molar-refractivity contribution in [2.45, 2.75) is 65.0 Å². The smallest absolute Gasteiger partial charge is 0.315 e. The molecule has 0 saturated carbocycles. The van der Waals surface area contributed by atoms with Crippen LogP contribution in [-0.2, 0) is 32.0 Å². The Bertz CT molecular complexity index is 1430. The molecule has 0 heterocycles. The predicted octanol–water partition coefficient (Wildman–Crippen LogP) is 1.55. The van der Waals surface area contributed by atoms with Crippen molar-refractivity contribution in [3.05, 3.63) is 59.7 Å². The molecule has 0 aliphatic carbocycles. The van der Waals surface area contributed by atoms with E-state index in [1.165, 1.54) is 33.4 Å². The molecule has 53 heavy (non-hydrogen) atoms. The van der Waals surface area contributed by atoms with Gasteiger partial charge < -0.3 is 51.1 Å². The molecule has 0 radical (unpaired) electrons. The van der Waals surface area contributed by atoms with Crippen molar-refractivity contribution in [2.75, 3.05) is 54.7 Å². The highest BCUT2D eigenvalue weighted by Gasteiger charge is 2.40. The van der Waals surface area contributed by atoms with E-state index in [0.29, 0.717) is 17.1 Å². The molecule has 2 aromatic carbocycles. The summed E-state index contributed by atoms with van der Waals surface area (Å²) >= 11 is 0. The monoisotopic (exact) mass is 745 g/mol.